The van der Waals surface area contributed by atoms with E-state index < -0.39 is 0 Å². The van der Waals surface area contributed by atoms with Crippen LogP contribution in [0.2, 0.25) is 0 Å². The lowest BCUT2D eigenvalue weighted by atomic mass is 10.2. The standard InChI is InChI=1S/C16H21N3O4/c1-21-14-9-12-13(10-15(14)22-2)17-11-19(16(12)20)4-3-18-5-7-23-8-6-18/h9-11H,3-8H2,1-2H3/p+1. The Hall–Kier alpha value is -2.12. The van der Waals surface area contributed by atoms with Crippen molar-refractivity contribution in [3.8, 4) is 11.5 Å². The van der Waals surface area contributed by atoms with Gasteiger partial charge in [-0.2, -0.15) is 0 Å². The number of hydrogen-bond donors (Lipinski definition) is 1. The molecule has 7 heteroatoms. The maximum atomic E-state index is 12.7. The van der Waals surface area contributed by atoms with Crippen molar-refractivity contribution in [2.45, 2.75) is 6.54 Å². The fourth-order valence-corrected chi connectivity index (χ4v) is 2.83. The first-order valence-electron chi connectivity index (χ1n) is 7.75. The molecule has 0 unspecified atom stereocenters. The van der Waals surface area contributed by atoms with Crippen molar-refractivity contribution in [2.75, 3.05) is 47.1 Å². The molecule has 2 aromatic rings. The SMILES string of the molecule is COc1cc2ncn(CC[NH+]3CCOCC3)c(=O)c2cc1OC. The molecule has 7 nitrogen and oxygen atoms in total. The average molecular weight is 320 g/mol. The molecule has 0 spiro atoms. The number of hydrogen-bond acceptors (Lipinski definition) is 5. The van der Waals surface area contributed by atoms with Crippen LogP contribution in [0.1, 0.15) is 0 Å². The molecule has 0 amide bonds. The van der Waals surface area contributed by atoms with Crippen LogP contribution in [-0.4, -0.2) is 56.6 Å². The summed E-state index contributed by atoms with van der Waals surface area (Å²) in [6.45, 7) is 5.09. The van der Waals surface area contributed by atoms with Gasteiger partial charge in [-0.25, -0.2) is 4.98 Å². The van der Waals surface area contributed by atoms with Crippen molar-refractivity contribution >= 4 is 10.9 Å². The number of ether oxygens (including phenoxy) is 3. The van der Waals surface area contributed by atoms with E-state index in [1.807, 2.05) is 0 Å². The van der Waals surface area contributed by atoms with E-state index >= 15 is 0 Å². The molecule has 0 atom stereocenters. The van der Waals surface area contributed by atoms with Crippen LogP contribution in [-0.2, 0) is 11.3 Å². The third-order valence-electron chi connectivity index (χ3n) is 4.24. The van der Waals surface area contributed by atoms with Gasteiger partial charge in [0.05, 0.1) is 57.8 Å². The molecule has 124 valence electrons. The van der Waals surface area contributed by atoms with Gasteiger partial charge in [0.15, 0.2) is 11.5 Å². The van der Waals surface area contributed by atoms with Crippen molar-refractivity contribution in [3.05, 3.63) is 28.8 Å². The molecule has 1 fully saturated rings. The molecule has 0 bridgehead atoms. The van der Waals surface area contributed by atoms with Crippen LogP contribution in [0.3, 0.4) is 0 Å². The van der Waals surface area contributed by atoms with Crippen LogP contribution in [0, 0.1) is 0 Å². The predicted octanol–water partition coefficient (Wildman–Crippen LogP) is -0.671. The van der Waals surface area contributed by atoms with Gasteiger partial charge < -0.3 is 19.1 Å². The summed E-state index contributed by atoms with van der Waals surface area (Å²) in [5.74, 6) is 1.11. The predicted molar refractivity (Wildman–Crippen MR) is 85.5 cm³/mol. The second-order valence-corrected chi connectivity index (χ2v) is 5.58. The lowest BCUT2D eigenvalue weighted by Gasteiger charge is -2.23. The highest BCUT2D eigenvalue weighted by Crippen LogP contribution is 2.29. The molecule has 1 aromatic carbocycles. The molecular formula is C16H22N3O4+. The monoisotopic (exact) mass is 320 g/mol. The first kappa shape index (κ1) is 15.8. The summed E-state index contributed by atoms with van der Waals surface area (Å²) < 4.78 is 17.5. The van der Waals surface area contributed by atoms with Crippen LogP contribution >= 0.6 is 0 Å². The molecule has 2 heterocycles. The van der Waals surface area contributed by atoms with Gasteiger partial charge in [0.1, 0.15) is 13.1 Å². The molecule has 1 aliphatic rings. The largest absolute Gasteiger partial charge is 0.493 e. The first-order valence-corrected chi connectivity index (χ1v) is 7.75. The minimum atomic E-state index is -0.0522. The van der Waals surface area contributed by atoms with Gasteiger partial charge in [0.25, 0.3) is 5.56 Å². The first-order chi connectivity index (χ1) is 11.2. The number of nitrogens with one attached hydrogen (secondary N) is 1. The van der Waals surface area contributed by atoms with Gasteiger partial charge in [-0.1, -0.05) is 0 Å². The van der Waals surface area contributed by atoms with Gasteiger partial charge in [-0.05, 0) is 6.07 Å². The number of fused-ring (bicyclic) bond motifs is 1. The van der Waals surface area contributed by atoms with E-state index in [1.54, 1.807) is 37.2 Å². The fraction of sp³-hybridized carbons (Fsp3) is 0.500. The maximum absolute atomic E-state index is 12.7. The Bertz CT molecular complexity index is 738. The Morgan fingerprint density at radius 1 is 1.22 bits per heavy atom. The van der Waals surface area contributed by atoms with Crippen LogP contribution < -0.4 is 19.9 Å². The third-order valence-corrected chi connectivity index (χ3v) is 4.24. The Morgan fingerprint density at radius 2 is 1.91 bits per heavy atom. The molecule has 1 aliphatic heterocycles. The zero-order valence-electron chi connectivity index (χ0n) is 13.5. The highest BCUT2D eigenvalue weighted by Gasteiger charge is 2.15. The Labute approximate surface area is 134 Å². The van der Waals surface area contributed by atoms with Gasteiger partial charge in [0, 0.05) is 6.07 Å². The van der Waals surface area contributed by atoms with Gasteiger partial charge in [-0.3, -0.25) is 9.36 Å². The molecular weight excluding hydrogens is 298 g/mol. The summed E-state index contributed by atoms with van der Waals surface area (Å²) in [5.41, 5.74) is 0.561. The quantitative estimate of drug-likeness (QED) is 0.791. The number of aromatic nitrogens is 2. The van der Waals surface area contributed by atoms with Crippen LogP contribution in [0.4, 0.5) is 0 Å². The third kappa shape index (κ3) is 3.30. The minimum Gasteiger partial charge on any atom is -0.493 e. The zero-order valence-corrected chi connectivity index (χ0v) is 13.5. The molecule has 0 radical (unpaired) electrons. The van der Waals surface area contributed by atoms with E-state index in [2.05, 4.69) is 4.98 Å². The molecule has 0 aliphatic carbocycles. The van der Waals surface area contributed by atoms with E-state index in [4.69, 9.17) is 14.2 Å². The van der Waals surface area contributed by atoms with E-state index in [0.717, 1.165) is 32.8 Å². The second-order valence-electron chi connectivity index (χ2n) is 5.58. The van der Waals surface area contributed by atoms with Gasteiger partial charge >= 0.3 is 0 Å². The lowest BCUT2D eigenvalue weighted by Crippen LogP contribution is -3.14. The summed E-state index contributed by atoms with van der Waals surface area (Å²) in [6.07, 6.45) is 1.61. The highest BCUT2D eigenvalue weighted by atomic mass is 16.5. The smallest absolute Gasteiger partial charge is 0.261 e. The highest BCUT2D eigenvalue weighted by molar-refractivity contribution is 5.81. The Kier molecular flexibility index (Phi) is 4.78. The summed E-state index contributed by atoms with van der Waals surface area (Å²) >= 11 is 0. The van der Waals surface area contributed by atoms with E-state index in [0.29, 0.717) is 28.9 Å². The summed E-state index contributed by atoms with van der Waals surface area (Å²) in [5, 5.41) is 0.544. The number of methoxy groups -OCH3 is 2. The van der Waals surface area contributed by atoms with Crippen LogP contribution in [0.5, 0.6) is 11.5 Å². The van der Waals surface area contributed by atoms with E-state index in [9.17, 15) is 4.79 Å². The number of benzene rings is 1. The number of rotatable bonds is 5. The summed E-state index contributed by atoms with van der Waals surface area (Å²) in [4.78, 5) is 18.5. The maximum Gasteiger partial charge on any atom is 0.261 e. The second kappa shape index (κ2) is 6.97. The average Bonchev–Trinajstić information content (AvgIpc) is 2.61. The molecule has 3 rings (SSSR count). The summed E-state index contributed by atoms with van der Waals surface area (Å²) in [6, 6.07) is 3.43. The van der Waals surface area contributed by atoms with Gasteiger partial charge in [-0.15, -0.1) is 0 Å². The van der Waals surface area contributed by atoms with E-state index in [1.165, 1.54) is 4.90 Å². The number of quaternary nitrogens is 1. The molecule has 23 heavy (non-hydrogen) atoms. The number of morpholine rings is 1. The van der Waals surface area contributed by atoms with Crippen molar-refractivity contribution < 1.29 is 19.1 Å². The molecule has 1 saturated heterocycles. The topological polar surface area (TPSA) is 67.0 Å². The Morgan fingerprint density at radius 3 is 2.61 bits per heavy atom. The Balaban J connectivity index is 1.87. The van der Waals surface area contributed by atoms with E-state index in [-0.39, 0.29) is 5.56 Å². The van der Waals surface area contributed by atoms with Gasteiger partial charge in [0.2, 0.25) is 0 Å². The minimum absolute atomic E-state index is 0.0522. The normalized spacial score (nSPS) is 15.7. The number of nitrogens with zero attached hydrogens (tertiary/aromatic N) is 2. The molecule has 1 aromatic heterocycles. The molecule has 1 N–H and O–H groups in total. The van der Waals surface area contributed by atoms with Crippen molar-refractivity contribution in [3.63, 3.8) is 0 Å². The zero-order chi connectivity index (χ0) is 16.2. The van der Waals surface area contributed by atoms with Crippen LogP contribution in [0.15, 0.2) is 23.3 Å². The van der Waals surface area contributed by atoms with Crippen molar-refractivity contribution in [1.82, 2.24) is 9.55 Å². The van der Waals surface area contributed by atoms with Crippen molar-refractivity contribution in [1.29, 1.82) is 0 Å². The lowest BCUT2D eigenvalue weighted by molar-refractivity contribution is -0.908. The van der Waals surface area contributed by atoms with Crippen LogP contribution in [0.25, 0.3) is 10.9 Å². The fourth-order valence-electron chi connectivity index (χ4n) is 2.83. The molecule has 0 saturated carbocycles. The van der Waals surface area contributed by atoms with Crippen molar-refractivity contribution in [2.24, 2.45) is 0 Å². The summed E-state index contributed by atoms with van der Waals surface area (Å²) in [7, 11) is 3.12.